The van der Waals surface area contributed by atoms with Gasteiger partial charge in [-0.3, -0.25) is 4.79 Å². The van der Waals surface area contributed by atoms with Gasteiger partial charge in [0.15, 0.2) is 0 Å². The van der Waals surface area contributed by atoms with Crippen molar-refractivity contribution in [3.05, 3.63) is 24.2 Å². The lowest BCUT2D eigenvalue weighted by molar-refractivity contribution is -0.125. The molecule has 0 aliphatic heterocycles. The summed E-state index contributed by atoms with van der Waals surface area (Å²) in [5.41, 5.74) is 0. The molecule has 0 spiro atoms. The van der Waals surface area contributed by atoms with E-state index in [0.717, 1.165) is 0 Å². The van der Waals surface area contributed by atoms with Crippen LogP contribution >= 0.6 is 0 Å². The third-order valence-corrected chi connectivity index (χ3v) is 2.16. The number of aliphatic hydroxyl groups is 1. The van der Waals surface area contributed by atoms with Crippen LogP contribution in [0.2, 0.25) is 0 Å². The highest BCUT2D eigenvalue weighted by atomic mass is 16.4. The van der Waals surface area contributed by atoms with Crippen LogP contribution in [0.4, 0.5) is 0 Å². The van der Waals surface area contributed by atoms with E-state index in [0.29, 0.717) is 12.2 Å². The number of carbonyl (C=O) groups is 1. The van der Waals surface area contributed by atoms with Gasteiger partial charge in [-0.2, -0.15) is 0 Å². The third kappa shape index (κ3) is 2.18. The number of rotatable bonds is 4. The van der Waals surface area contributed by atoms with Crippen molar-refractivity contribution >= 4 is 5.78 Å². The largest absolute Gasteiger partial charge is 0.467 e. The molecule has 0 bridgehead atoms. The van der Waals surface area contributed by atoms with E-state index in [1.165, 1.54) is 6.26 Å². The van der Waals surface area contributed by atoms with E-state index in [9.17, 15) is 9.90 Å². The van der Waals surface area contributed by atoms with Gasteiger partial charge in [-0.1, -0.05) is 13.8 Å². The summed E-state index contributed by atoms with van der Waals surface area (Å²) >= 11 is 0. The van der Waals surface area contributed by atoms with Gasteiger partial charge < -0.3 is 9.52 Å². The van der Waals surface area contributed by atoms with Crippen molar-refractivity contribution in [2.24, 2.45) is 5.92 Å². The Bertz CT molecular complexity index is 264. The number of aliphatic hydroxyl groups excluding tert-OH is 1. The number of ketones is 1. The van der Waals surface area contributed by atoms with Gasteiger partial charge in [0.2, 0.25) is 0 Å². The number of hydrogen-bond donors (Lipinski definition) is 1. The van der Waals surface area contributed by atoms with Gasteiger partial charge in [-0.05, 0) is 12.1 Å². The van der Waals surface area contributed by atoms with Crippen LogP contribution < -0.4 is 0 Å². The monoisotopic (exact) mass is 182 g/mol. The molecule has 1 heterocycles. The summed E-state index contributed by atoms with van der Waals surface area (Å²) in [6, 6.07) is 3.37. The fourth-order valence-electron chi connectivity index (χ4n) is 1.20. The summed E-state index contributed by atoms with van der Waals surface area (Å²) in [6.07, 6.45) is 1.11. The lowest BCUT2D eigenvalue weighted by atomic mass is 9.96. The summed E-state index contributed by atoms with van der Waals surface area (Å²) in [4.78, 5) is 11.2. The van der Waals surface area contributed by atoms with Gasteiger partial charge in [0.05, 0.1) is 6.26 Å². The zero-order valence-electron chi connectivity index (χ0n) is 7.86. The van der Waals surface area contributed by atoms with E-state index in [1.807, 2.05) is 0 Å². The Balaban J connectivity index is 2.68. The first kappa shape index (κ1) is 9.99. The number of hydrogen-bond acceptors (Lipinski definition) is 3. The van der Waals surface area contributed by atoms with Gasteiger partial charge in [-0.25, -0.2) is 0 Å². The summed E-state index contributed by atoms with van der Waals surface area (Å²) in [6.45, 7) is 3.49. The fraction of sp³-hybridized carbons (Fsp3) is 0.500. The molecule has 0 aliphatic carbocycles. The van der Waals surface area contributed by atoms with Gasteiger partial charge in [-0.15, -0.1) is 0 Å². The van der Waals surface area contributed by atoms with Crippen LogP contribution in [0.15, 0.2) is 22.8 Å². The molecule has 1 aromatic heterocycles. The Hall–Kier alpha value is -1.09. The Morgan fingerprint density at radius 3 is 2.85 bits per heavy atom. The van der Waals surface area contributed by atoms with Crippen LogP contribution in [-0.2, 0) is 4.79 Å². The first-order valence-corrected chi connectivity index (χ1v) is 4.41. The molecule has 0 radical (unpaired) electrons. The molecule has 2 atom stereocenters. The Morgan fingerprint density at radius 1 is 1.69 bits per heavy atom. The summed E-state index contributed by atoms with van der Waals surface area (Å²) < 4.78 is 5.01. The molecule has 3 nitrogen and oxygen atoms in total. The third-order valence-electron chi connectivity index (χ3n) is 2.16. The summed E-state index contributed by atoms with van der Waals surface area (Å²) in [5, 5.41) is 9.66. The molecule has 0 aromatic carbocycles. The Morgan fingerprint density at radius 2 is 2.38 bits per heavy atom. The topological polar surface area (TPSA) is 50.4 Å². The van der Waals surface area contributed by atoms with Crippen molar-refractivity contribution in [3.8, 4) is 0 Å². The molecule has 1 rings (SSSR count). The molecule has 3 heteroatoms. The highest BCUT2D eigenvalue weighted by Crippen LogP contribution is 2.23. The minimum atomic E-state index is -0.817. The number of furan rings is 1. The number of Topliss-reactive ketones (excluding diaryl/α,β-unsaturated/α-hetero) is 1. The molecule has 0 amide bonds. The fourth-order valence-corrected chi connectivity index (χ4v) is 1.20. The van der Waals surface area contributed by atoms with Crippen molar-refractivity contribution in [2.45, 2.75) is 26.4 Å². The Labute approximate surface area is 77.4 Å². The summed E-state index contributed by atoms with van der Waals surface area (Å²) in [5.74, 6) is 0.106. The van der Waals surface area contributed by atoms with E-state index in [2.05, 4.69) is 0 Å². The van der Waals surface area contributed by atoms with Crippen LogP contribution in [0, 0.1) is 5.92 Å². The minimum absolute atomic E-state index is 0.0453. The predicted octanol–water partition coefficient (Wildman–Crippen LogP) is 1.93. The van der Waals surface area contributed by atoms with E-state index in [1.54, 1.807) is 26.0 Å². The molecule has 0 saturated carbocycles. The number of carbonyl (C=O) groups excluding carboxylic acids is 1. The first-order valence-electron chi connectivity index (χ1n) is 4.41. The van der Waals surface area contributed by atoms with Gasteiger partial charge in [0.25, 0.3) is 0 Å². The van der Waals surface area contributed by atoms with Gasteiger partial charge >= 0.3 is 0 Å². The molecule has 0 saturated heterocycles. The average molecular weight is 182 g/mol. The van der Waals surface area contributed by atoms with Crippen LogP contribution in [0.1, 0.15) is 32.1 Å². The molecule has 0 aliphatic rings. The van der Waals surface area contributed by atoms with Crippen LogP contribution in [-0.4, -0.2) is 10.9 Å². The molecule has 0 fully saturated rings. The van der Waals surface area contributed by atoms with Crippen LogP contribution in [0.5, 0.6) is 0 Å². The first-order chi connectivity index (χ1) is 6.16. The molecule has 13 heavy (non-hydrogen) atoms. The maximum Gasteiger partial charge on any atom is 0.138 e. The molecule has 1 N–H and O–H groups in total. The zero-order valence-corrected chi connectivity index (χ0v) is 7.86. The maximum atomic E-state index is 11.2. The van der Waals surface area contributed by atoms with E-state index in [4.69, 9.17) is 4.42 Å². The molecule has 72 valence electrons. The van der Waals surface area contributed by atoms with E-state index < -0.39 is 12.0 Å². The zero-order chi connectivity index (χ0) is 9.84. The van der Waals surface area contributed by atoms with Gasteiger partial charge in [0.1, 0.15) is 17.6 Å². The predicted molar refractivity (Wildman–Crippen MR) is 48.1 cm³/mol. The lowest BCUT2D eigenvalue weighted by Crippen LogP contribution is -2.17. The summed E-state index contributed by atoms with van der Waals surface area (Å²) in [7, 11) is 0. The molecule has 0 unspecified atom stereocenters. The second-order valence-electron chi connectivity index (χ2n) is 3.07. The van der Waals surface area contributed by atoms with E-state index >= 15 is 0 Å². The van der Waals surface area contributed by atoms with Gasteiger partial charge in [0, 0.05) is 12.3 Å². The maximum absolute atomic E-state index is 11.2. The van der Waals surface area contributed by atoms with Crippen molar-refractivity contribution < 1.29 is 14.3 Å². The standard InChI is InChI=1S/C10H14O3/c1-3-8(11)7(2)10(12)9-5-4-6-13-9/h4-7,10,12H,3H2,1-2H3/t7-,10-/m1/s1. The minimum Gasteiger partial charge on any atom is -0.467 e. The quantitative estimate of drug-likeness (QED) is 0.774. The smallest absolute Gasteiger partial charge is 0.138 e. The van der Waals surface area contributed by atoms with Crippen molar-refractivity contribution in [3.63, 3.8) is 0 Å². The average Bonchev–Trinajstić information content (AvgIpc) is 2.67. The van der Waals surface area contributed by atoms with Crippen LogP contribution in [0.3, 0.4) is 0 Å². The highest BCUT2D eigenvalue weighted by molar-refractivity contribution is 5.80. The molecule has 1 aromatic rings. The second-order valence-corrected chi connectivity index (χ2v) is 3.07. The molecular formula is C10H14O3. The lowest BCUT2D eigenvalue weighted by Gasteiger charge is -2.14. The molecular weight excluding hydrogens is 168 g/mol. The van der Waals surface area contributed by atoms with Crippen molar-refractivity contribution in [1.29, 1.82) is 0 Å². The second kappa shape index (κ2) is 4.23. The van der Waals surface area contributed by atoms with E-state index in [-0.39, 0.29) is 5.78 Å². The Kier molecular flexibility index (Phi) is 3.25. The van der Waals surface area contributed by atoms with Crippen molar-refractivity contribution in [2.75, 3.05) is 0 Å². The van der Waals surface area contributed by atoms with Crippen molar-refractivity contribution in [1.82, 2.24) is 0 Å². The highest BCUT2D eigenvalue weighted by Gasteiger charge is 2.23. The normalized spacial score (nSPS) is 15.3. The van der Waals surface area contributed by atoms with Crippen LogP contribution in [0.25, 0.3) is 0 Å². The SMILES string of the molecule is CCC(=O)[C@@H](C)[C@@H](O)c1ccco1.